The van der Waals surface area contributed by atoms with Gasteiger partial charge >= 0.3 is 0 Å². The number of thiophene rings is 1. The second kappa shape index (κ2) is 6.30. The highest BCUT2D eigenvalue weighted by atomic mass is 127. The molecule has 0 radical (unpaired) electrons. The van der Waals surface area contributed by atoms with Crippen molar-refractivity contribution < 1.29 is 4.39 Å². The molecule has 1 aromatic carbocycles. The molecular formula is C15H14ClFINS. The van der Waals surface area contributed by atoms with Gasteiger partial charge < -0.3 is 5.32 Å². The van der Waals surface area contributed by atoms with Crippen LogP contribution in [0.3, 0.4) is 0 Å². The van der Waals surface area contributed by atoms with E-state index >= 15 is 0 Å². The van der Waals surface area contributed by atoms with E-state index in [1.165, 1.54) is 32.2 Å². The SMILES string of the molecule is Fc1ccc(CNC2CCCc3sc(I)cc32)cc1Cl. The molecule has 0 saturated carbocycles. The van der Waals surface area contributed by atoms with Crippen LogP contribution in [-0.2, 0) is 13.0 Å². The minimum atomic E-state index is -0.359. The molecule has 1 nitrogen and oxygen atoms in total. The van der Waals surface area contributed by atoms with Crippen LogP contribution in [0, 0.1) is 8.70 Å². The average molecular weight is 422 g/mol. The minimum Gasteiger partial charge on any atom is -0.306 e. The third-order valence-corrected chi connectivity index (χ3v) is 5.88. The summed E-state index contributed by atoms with van der Waals surface area (Å²) in [6.45, 7) is 0.719. The van der Waals surface area contributed by atoms with E-state index < -0.39 is 0 Å². The van der Waals surface area contributed by atoms with E-state index in [1.54, 1.807) is 12.1 Å². The van der Waals surface area contributed by atoms with Gasteiger partial charge in [0.05, 0.1) is 7.91 Å². The fourth-order valence-corrected chi connectivity index (χ4v) is 4.95. The monoisotopic (exact) mass is 421 g/mol. The van der Waals surface area contributed by atoms with Gasteiger partial charge in [-0.3, -0.25) is 0 Å². The lowest BCUT2D eigenvalue weighted by Crippen LogP contribution is -2.23. The van der Waals surface area contributed by atoms with Gasteiger partial charge in [0, 0.05) is 17.5 Å². The molecule has 0 aliphatic heterocycles. The molecule has 5 heteroatoms. The molecule has 1 aromatic heterocycles. The van der Waals surface area contributed by atoms with E-state index in [9.17, 15) is 4.39 Å². The van der Waals surface area contributed by atoms with Crippen molar-refractivity contribution in [2.24, 2.45) is 0 Å². The molecule has 0 spiro atoms. The van der Waals surface area contributed by atoms with Crippen molar-refractivity contribution in [2.45, 2.75) is 31.8 Å². The number of aryl methyl sites for hydroxylation is 1. The second-order valence-electron chi connectivity index (χ2n) is 5.00. The minimum absolute atomic E-state index is 0.193. The van der Waals surface area contributed by atoms with Gasteiger partial charge in [-0.25, -0.2) is 4.39 Å². The van der Waals surface area contributed by atoms with Crippen molar-refractivity contribution in [3.63, 3.8) is 0 Å². The first-order chi connectivity index (χ1) is 9.63. The van der Waals surface area contributed by atoms with Crippen molar-refractivity contribution >= 4 is 45.5 Å². The highest BCUT2D eigenvalue weighted by Gasteiger charge is 2.22. The molecule has 0 fully saturated rings. The largest absolute Gasteiger partial charge is 0.306 e. The molecule has 1 N–H and O–H groups in total. The Labute approximate surface area is 140 Å². The zero-order chi connectivity index (χ0) is 14.1. The second-order valence-corrected chi connectivity index (χ2v) is 8.44. The third-order valence-electron chi connectivity index (χ3n) is 3.62. The maximum atomic E-state index is 13.1. The van der Waals surface area contributed by atoms with E-state index in [-0.39, 0.29) is 10.8 Å². The molecule has 0 bridgehead atoms. The molecular weight excluding hydrogens is 408 g/mol. The predicted molar refractivity (Wildman–Crippen MR) is 91.0 cm³/mol. The number of nitrogens with one attached hydrogen (secondary N) is 1. The van der Waals surface area contributed by atoms with Gasteiger partial charge in [0.2, 0.25) is 0 Å². The predicted octanol–water partition coefficient (Wildman–Crippen LogP) is 5.31. The van der Waals surface area contributed by atoms with Gasteiger partial charge in [-0.1, -0.05) is 17.7 Å². The molecule has 1 atom stereocenters. The smallest absolute Gasteiger partial charge is 0.141 e. The van der Waals surface area contributed by atoms with E-state index in [2.05, 4.69) is 34.0 Å². The average Bonchev–Trinajstić information content (AvgIpc) is 2.81. The van der Waals surface area contributed by atoms with Crippen LogP contribution in [-0.4, -0.2) is 0 Å². The maximum Gasteiger partial charge on any atom is 0.141 e. The van der Waals surface area contributed by atoms with Crippen LogP contribution in [0.4, 0.5) is 4.39 Å². The van der Waals surface area contributed by atoms with Crippen LogP contribution in [0.5, 0.6) is 0 Å². The fraction of sp³-hybridized carbons (Fsp3) is 0.333. The quantitative estimate of drug-likeness (QED) is 0.662. The summed E-state index contributed by atoms with van der Waals surface area (Å²) >= 11 is 10.1. The first kappa shape index (κ1) is 14.8. The topological polar surface area (TPSA) is 12.0 Å². The highest BCUT2D eigenvalue weighted by Crippen LogP contribution is 2.36. The number of fused-ring (bicyclic) bond motifs is 1. The number of hydrogen-bond acceptors (Lipinski definition) is 2. The first-order valence-electron chi connectivity index (χ1n) is 6.59. The van der Waals surface area contributed by atoms with Gasteiger partial charge in [0.15, 0.2) is 0 Å². The lowest BCUT2D eigenvalue weighted by molar-refractivity contribution is 0.463. The highest BCUT2D eigenvalue weighted by molar-refractivity contribution is 14.1. The number of rotatable bonds is 3. The maximum absolute atomic E-state index is 13.1. The summed E-state index contributed by atoms with van der Waals surface area (Å²) in [7, 11) is 0. The summed E-state index contributed by atoms with van der Waals surface area (Å²) < 4.78 is 14.5. The first-order valence-corrected chi connectivity index (χ1v) is 8.86. The van der Waals surface area contributed by atoms with E-state index in [1.807, 2.05) is 11.3 Å². The van der Waals surface area contributed by atoms with Gasteiger partial charge in [-0.15, -0.1) is 11.3 Å². The van der Waals surface area contributed by atoms with Crippen molar-refractivity contribution in [1.29, 1.82) is 0 Å². The zero-order valence-corrected chi connectivity index (χ0v) is 14.5. The Kier molecular flexibility index (Phi) is 4.65. The Balaban J connectivity index is 1.71. The molecule has 0 amide bonds. The van der Waals surface area contributed by atoms with Crippen molar-refractivity contribution in [1.82, 2.24) is 5.32 Å². The van der Waals surface area contributed by atoms with E-state index in [0.717, 1.165) is 18.5 Å². The third kappa shape index (κ3) is 3.18. The molecule has 2 aromatic rings. The van der Waals surface area contributed by atoms with Crippen molar-refractivity contribution in [3.05, 3.63) is 54.0 Å². The van der Waals surface area contributed by atoms with Gasteiger partial charge in [0.25, 0.3) is 0 Å². The Morgan fingerprint density at radius 2 is 2.25 bits per heavy atom. The summed E-state index contributed by atoms with van der Waals surface area (Å²) in [6, 6.07) is 7.61. The van der Waals surface area contributed by atoms with E-state index in [4.69, 9.17) is 11.6 Å². The Morgan fingerprint density at radius 1 is 1.40 bits per heavy atom. The lowest BCUT2D eigenvalue weighted by Gasteiger charge is -2.23. The van der Waals surface area contributed by atoms with Crippen LogP contribution in [0.2, 0.25) is 5.02 Å². The van der Waals surface area contributed by atoms with Crippen molar-refractivity contribution in [2.75, 3.05) is 0 Å². The molecule has 1 aliphatic carbocycles. The number of benzene rings is 1. The normalized spacial score (nSPS) is 18.1. The fourth-order valence-electron chi connectivity index (χ4n) is 2.62. The van der Waals surface area contributed by atoms with Crippen LogP contribution in [0.25, 0.3) is 0 Å². The van der Waals surface area contributed by atoms with Gasteiger partial charge in [0.1, 0.15) is 5.82 Å². The van der Waals surface area contributed by atoms with Crippen LogP contribution in [0.1, 0.15) is 34.9 Å². The van der Waals surface area contributed by atoms with Crippen LogP contribution >= 0.6 is 45.5 Å². The summed E-state index contributed by atoms with van der Waals surface area (Å²) in [5, 5.41) is 3.77. The molecule has 1 unspecified atom stereocenters. The zero-order valence-electron chi connectivity index (χ0n) is 10.8. The summed E-state index contributed by atoms with van der Waals surface area (Å²) in [6.07, 6.45) is 3.59. The lowest BCUT2D eigenvalue weighted by atomic mass is 9.94. The number of hydrogen-bond donors (Lipinski definition) is 1. The van der Waals surface area contributed by atoms with E-state index in [0.29, 0.717) is 6.04 Å². The van der Waals surface area contributed by atoms with Crippen LogP contribution in [0.15, 0.2) is 24.3 Å². The Morgan fingerprint density at radius 3 is 3.05 bits per heavy atom. The molecule has 3 rings (SSSR count). The molecule has 20 heavy (non-hydrogen) atoms. The van der Waals surface area contributed by atoms with Crippen molar-refractivity contribution in [3.8, 4) is 0 Å². The molecule has 106 valence electrons. The Bertz CT molecular complexity index is 628. The molecule has 1 aliphatic rings. The molecule has 0 saturated heterocycles. The summed E-state index contributed by atoms with van der Waals surface area (Å²) in [5.74, 6) is -0.359. The number of halogens is 3. The summed E-state index contributed by atoms with van der Waals surface area (Å²) in [4.78, 5) is 1.51. The standard InChI is InChI=1S/C15H14ClFINS/c16-11-6-9(4-5-12(11)17)8-19-13-2-1-3-14-10(13)7-15(18)20-14/h4-7,13,19H,1-3,8H2. The summed E-state index contributed by atoms with van der Waals surface area (Å²) in [5.41, 5.74) is 2.47. The van der Waals surface area contributed by atoms with Crippen LogP contribution < -0.4 is 5.32 Å². The Hall–Kier alpha value is -0.170. The van der Waals surface area contributed by atoms with Gasteiger partial charge in [-0.05, 0) is 71.2 Å². The van der Waals surface area contributed by atoms with Gasteiger partial charge in [-0.2, -0.15) is 0 Å². The molecule has 1 heterocycles.